The minimum Gasteiger partial charge on any atom is -0.478 e. The van der Waals surface area contributed by atoms with Crippen LogP contribution in [0.1, 0.15) is 41.0 Å². The maximum absolute atomic E-state index is 12.8. The number of anilines is 1. The van der Waals surface area contributed by atoms with Gasteiger partial charge in [0.1, 0.15) is 5.70 Å². The van der Waals surface area contributed by atoms with E-state index in [1.165, 1.54) is 23.6 Å². The van der Waals surface area contributed by atoms with Crippen LogP contribution in [0.4, 0.5) is 5.69 Å². The molecule has 1 aromatic carbocycles. The van der Waals surface area contributed by atoms with Crippen LogP contribution in [0.2, 0.25) is 0 Å². The Hall–Kier alpha value is -3.42. The zero-order valence-electron chi connectivity index (χ0n) is 19.3. The Balaban J connectivity index is 1.46. The Kier molecular flexibility index (Phi) is 6.82. The van der Waals surface area contributed by atoms with E-state index >= 15 is 0 Å². The van der Waals surface area contributed by atoms with E-state index < -0.39 is 53.8 Å². The second kappa shape index (κ2) is 9.56. The average Bonchev–Trinajstić information content (AvgIpc) is 3.35. The molecule has 6 atom stereocenters. The Morgan fingerprint density at radius 2 is 1.69 bits per heavy atom. The summed E-state index contributed by atoms with van der Waals surface area (Å²) < 4.78 is 0. The van der Waals surface area contributed by atoms with Crippen molar-refractivity contribution < 1.29 is 44.4 Å². The molecule has 1 aromatic rings. The summed E-state index contributed by atoms with van der Waals surface area (Å²) in [5.41, 5.74) is -0.617. The number of nitrogens with one attached hydrogen (secondary N) is 2. The summed E-state index contributed by atoms with van der Waals surface area (Å²) in [7, 11) is 0. The predicted octanol–water partition coefficient (Wildman–Crippen LogP) is 0.639. The van der Waals surface area contributed by atoms with Crippen molar-refractivity contribution in [3.63, 3.8) is 0 Å². The molecule has 2 fully saturated rings. The number of carbonyl (C=O) groups is 5. The highest BCUT2D eigenvalue weighted by Gasteiger charge is 2.60. The quantitative estimate of drug-likeness (QED) is 0.264. The third kappa shape index (κ3) is 4.45. The zero-order valence-corrected chi connectivity index (χ0v) is 20.1. The monoisotopic (exact) mass is 519 g/mol. The number of hydrogen-bond acceptors (Lipinski definition) is 8. The van der Waals surface area contributed by atoms with Crippen molar-refractivity contribution in [2.24, 2.45) is 11.8 Å². The van der Waals surface area contributed by atoms with Crippen LogP contribution in [0.3, 0.4) is 0 Å². The molecule has 0 saturated carbocycles. The standard InChI is InChI=1S/C23H25N3O9S/c1-8-16-15(9(2)27)20(29)26(16)17(23(34)35)18(8)36-13-6-14(24-7-13)19(28)25-12-4-10(21(30)31)3-11(5-12)22(32)33/h3-5,8-9,13-16,24,27H,6-7H2,1-2H3,(H,25,28)(H,30,31)(H,32,33)(H,34,35). The van der Waals surface area contributed by atoms with Gasteiger partial charge in [-0.25, -0.2) is 14.4 Å². The van der Waals surface area contributed by atoms with Gasteiger partial charge in [-0.1, -0.05) is 6.92 Å². The largest absolute Gasteiger partial charge is 0.478 e. The van der Waals surface area contributed by atoms with Gasteiger partial charge in [0.25, 0.3) is 0 Å². The van der Waals surface area contributed by atoms with Gasteiger partial charge in [0.2, 0.25) is 11.8 Å². The summed E-state index contributed by atoms with van der Waals surface area (Å²) in [6.07, 6.45) is -0.578. The number of carboxylic acid groups (broad SMARTS) is 3. The second-order valence-electron chi connectivity index (χ2n) is 9.11. The van der Waals surface area contributed by atoms with Crippen molar-refractivity contribution >= 4 is 47.2 Å². The number of carboxylic acids is 3. The topological polar surface area (TPSA) is 194 Å². The summed E-state index contributed by atoms with van der Waals surface area (Å²) in [6, 6.07) is 2.21. The fourth-order valence-electron chi connectivity index (χ4n) is 5.03. The van der Waals surface area contributed by atoms with Crippen LogP contribution in [-0.2, 0) is 14.4 Å². The van der Waals surface area contributed by atoms with Gasteiger partial charge < -0.3 is 36.0 Å². The minimum atomic E-state index is -1.33. The highest BCUT2D eigenvalue weighted by Crippen LogP contribution is 2.51. The molecule has 0 bridgehead atoms. The molecule has 13 heteroatoms. The Bertz CT molecular complexity index is 1170. The number of aliphatic hydroxyl groups is 1. The van der Waals surface area contributed by atoms with Crippen molar-refractivity contribution in [2.75, 3.05) is 11.9 Å². The number of aromatic carboxylic acids is 2. The van der Waals surface area contributed by atoms with Gasteiger partial charge in [-0.05, 0) is 31.5 Å². The van der Waals surface area contributed by atoms with E-state index in [1.54, 1.807) is 0 Å². The number of nitrogens with zero attached hydrogens (tertiary/aromatic N) is 1. The van der Waals surface area contributed by atoms with Gasteiger partial charge in [0, 0.05) is 28.3 Å². The van der Waals surface area contributed by atoms with E-state index in [9.17, 15) is 44.4 Å². The number of hydrogen-bond donors (Lipinski definition) is 6. The van der Waals surface area contributed by atoms with Gasteiger partial charge >= 0.3 is 17.9 Å². The maximum Gasteiger partial charge on any atom is 0.353 e. The predicted molar refractivity (Wildman–Crippen MR) is 126 cm³/mol. The Morgan fingerprint density at radius 3 is 2.22 bits per heavy atom. The van der Waals surface area contributed by atoms with Crippen molar-refractivity contribution in [3.05, 3.63) is 39.9 Å². The molecule has 3 aliphatic rings. The third-order valence-electron chi connectivity index (χ3n) is 6.71. The highest BCUT2D eigenvalue weighted by atomic mass is 32.2. The average molecular weight is 520 g/mol. The first kappa shape index (κ1) is 25.7. The molecule has 0 radical (unpaired) electrons. The number of carbonyl (C=O) groups excluding carboxylic acids is 2. The van der Waals surface area contributed by atoms with E-state index in [0.29, 0.717) is 17.9 Å². The number of aliphatic hydroxyl groups excluding tert-OH is 1. The highest BCUT2D eigenvalue weighted by molar-refractivity contribution is 8.03. The molecule has 6 unspecified atom stereocenters. The van der Waals surface area contributed by atoms with Crippen LogP contribution < -0.4 is 10.6 Å². The van der Waals surface area contributed by atoms with Gasteiger partial charge in [-0.2, -0.15) is 0 Å². The van der Waals surface area contributed by atoms with Crippen LogP contribution in [0.15, 0.2) is 28.8 Å². The van der Waals surface area contributed by atoms with Crippen LogP contribution in [0, 0.1) is 11.8 Å². The molecule has 6 N–H and O–H groups in total. The van der Waals surface area contributed by atoms with Gasteiger partial charge in [-0.15, -0.1) is 11.8 Å². The molecule has 0 spiro atoms. The zero-order chi connectivity index (χ0) is 26.5. The number of amides is 2. The van der Waals surface area contributed by atoms with E-state index in [1.807, 2.05) is 6.92 Å². The molecule has 3 heterocycles. The number of benzene rings is 1. The van der Waals surface area contributed by atoms with E-state index in [-0.39, 0.29) is 33.7 Å². The lowest BCUT2D eigenvalue weighted by atomic mass is 9.79. The summed E-state index contributed by atoms with van der Waals surface area (Å²) in [4.78, 5) is 61.7. The molecule has 192 valence electrons. The van der Waals surface area contributed by atoms with E-state index in [0.717, 1.165) is 18.2 Å². The molecule has 4 rings (SSSR count). The Labute approximate surface area is 209 Å². The summed E-state index contributed by atoms with van der Waals surface area (Å²) in [6.45, 7) is 3.70. The number of β-lactam (4-membered cyclic amide) rings is 1. The van der Waals surface area contributed by atoms with Gasteiger partial charge in [-0.3, -0.25) is 9.59 Å². The normalized spacial score (nSPS) is 27.9. The van der Waals surface area contributed by atoms with Crippen molar-refractivity contribution in [2.45, 2.75) is 43.7 Å². The number of aliphatic carboxylic acids is 1. The molecule has 0 aromatic heterocycles. The molecule has 2 saturated heterocycles. The second-order valence-corrected chi connectivity index (χ2v) is 10.4. The van der Waals surface area contributed by atoms with Crippen LogP contribution in [0.5, 0.6) is 0 Å². The molecule has 2 amide bonds. The van der Waals surface area contributed by atoms with Crippen molar-refractivity contribution in [1.29, 1.82) is 0 Å². The lowest BCUT2D eigenvalue weighted by Gasteiger charge is -2.46. The fraction of sp³-hybridized carbons (Fsp3) is 0.435. The number of thioether (sulfide) groups is 1. The van der Waals surface area contributed by atoms with E-state index in [2.05, 4.69) is 10.6 Å². The number of rotatable bonds is 8. The lowest BCUT2D eigenvalue weighted by molar-refractivity contribution is -0.163. The van der Waals surface area contributed by atoms with Gasteiger partial charge in [0.05, 0.1) is 35.2 Å². The smallest absolute Gasteiger partial charge is 0.353 e. The lowest BCUT2D eigenvalue weighted by Crippen LogP contribution is -2.63. The van der Waals surface area contributed by atoms with Crippen LogP contribution in [0.25, 0.3) is 0 Å². The SMILES string of the molecule is CC(O)C1C(=O)N2C(C(=O)O)=C(SC3CNC(C(=O)Nc4cc(C(=O)O)cc(C(=O)O)c4)C3)C(C)C12. The van der Waals surface area contributed by atoms with Gasteiger partial charge in [0.15, 0.2) is 0 Å². The van der Waals surface area contributed by atoms with Crippen molar-refractivity contribution in [1.82, 2.24) is 10.2 Å². The number of fused-ring (bicyclic) bond motifs is 1. The first-order chi connectivity index (χ1) is 16.9. The summed E-state index contributed by atoms with van der Waals surface area (Å²) >= 11 is 1.29. The van der Waals surface area contributed by atoms with E-state index in [4.69, 9.17) is 0 Å². The maximum atomic E-state index is 12.8. The Morgan fingerprint density at radius 1 is 1.08 bits per heavy atom. The first-order valence-corrected chi connectivity index (χ1v) is 12.1. The third-order valence-corrected chi connectivity index (χ3v) is 8.22. The summed E-state index contributed by atoms with van der Waals surface area (Å²) in [5, 5.41) is 43.6. The molecule has 0 aliphatic carbocycles. The van der Waals surface area contributed by atoms with Crippen LogP contribution >= 0.6 is 11.8 Å². The molecule has 12 nitrogen and oxygen atoms in total. The molecule has 3 aliphatic heterocycles. The van der Waals surface area contributed by atoms with Crippen molar-refractivity contribution in [3.8, 4) is 0 Å². The van der Waals surface area contributed by atoms with Crippen LogP contribution in [-0.4, -0.2) is 85.0 Å². The first-order valence-electron chi connectivity index (χ1n) is 11.2. The minimum absolute atomic E-state index is 0.0301. The summed E-state index contributed by atoms with van der Waals surface area (Å²) in [5.74, 6) is -5.75. The molecular formula is C23H25N3O9S. The molecular weight excluding hydrogens is 494 g/mol. The molecule has 36 heavy (non-hydrogen) atoms. The fourth-order valence-corrected chi connectivity index (χ4v) is 6.51.